The second-order valence-corrected chi connectivity index (χ2v) is 4.73. The summed E-state index contributed by atoms with van der Waals surface area (Å²) in [7, 11) is 0. The number of fused-ring (bicyclic) bond motifs is 1. The molecule has 2 aromatic heterocycles. The fourth-order valence-electron chi connectivity index (χ4n) is 1.66. The number of H-pyrrole nitrogens is 1. The molecule has 16 heavy (non-hydrogen) atoms. The van der Waals surface area contributed by atoms with Gasteiger partial charge in [-0.05, 0) is 17.0 Å². The summed E-state index contributed by atoms with van der Waals surface area (Å²) in [6, 6.07) is 1.83. The zero-order valence-electron chi connectivity index (χ0n) is 9.38. The van der Waals surface area contributed by atoms with E-state index in [0.717, 1.165) is 5.56 Å². The van der Waals surface area contributed by atoms with Crippen molar-refractivity contribution in [1.82, 2.24) is 15.0 Å². The summed E-state index contributed by atoms with van der Waals surface area (Å²) in [4.78, 5) is 10.4. The molecular formula is C11H13F2N3. The Labute approximate surface area is 91.9 Å². The topological polar surface area (TPSA) is 41.6 Å². The Kier molecular flexibility index (Phi) is 2.40. The van der Waals surface area contributed by atoms with Crippen LogP contribution in [0.15, 0.2) is 12.3 Å². The summed E-state index contributed by atoms with van der Waals surface area (Å²) in [6.45, 7) is 6.06. The second-order valence-electron chi connectivity index (χ2n) is 4.73. The number of alkyl halides is 2. The van der Waals surface area contributed by atoms with E-state index in [1.165, 1.54) is 0 Å². The average molecular weight is 225 g/mol. The number of halogens is 2. The van der Waals surface area contributed by atoms with Crippen LogP contribution in [-0.2, 0) is 5.41 Å². The number of nitrogens with zero attached hydrogens (tertiary/aromatic N) is 2. The Morgan fingerprint density at radius 2 is 2.00 bits per heavy atom. The quantitative estimate of drug-likeness (QED) is 0.809. The molecule has 0 radical (unpaired) electrons. The van der Waals surface area contributed by atoms with Crippen LogP contribution < -0.4 is 0 Å². The molecule has 3 nitrogen and oxygen atoms in total. The van der Waals surface area contributed by atoms with Crippen LogP contribution in [0.4, 0.5) is 8.78 Å². The van der Waals surface area contributed by atoms with Crippen molar-refractivity contribution in [1.29, 1.82) is 0 Å². The highest BCUT2D eigenvalue weighted by atomic mass is 19.3. The van der Waals surface area contributed by atoms with E-state index in [1.54, 1.807) is 6.20 Å². The summed E-state index contributed by atoms with van der Waals surface area (Å²) in [5.41, 5.74) is 1.76. The number of aromatic amines is 1. The maximum Gasteiger partial charge on any atom is 0.295 e. The number of imidazole rings is 1. The molecule has 0 aliphatic heterocycles. The number of nitrogens with one attached hydrogen (secondary N) is 1. The van der Waals surface area contributed by atoms with E-state index < -0.39 is 6.43 Å². The Morgan fingerprint density at radius 1 is 1.31 bits per heavy atom. The standard InChI is InChI=1S/C11H13F2N3/c1-11(2,3)6-4-5-14-9-7(6)15-10(16-9)8(12)13/h4-5,8H,1-3H3,(H,14,15,16). The lowest BCUT2D eigenvalue weighted by atomic mass is 9.87. The van der Waals surface area contributed by atoms with Crippen LogP contribution in [0.1, 0.15) is 38.6 Å². The van der Waals surface area contributed by atoms with Crippen LogP contribution in [0.25, 0.3) is 11.2 Å². The largest absolute Gasteiger partial charge is 0.336 e. The van der Waals surface area contributed by atoms with Gasteiger partial charge in [0.1, 0.15) is 0 Å². The lowest BCUT2D eigenvalue weighted by Crippen LogP contribution is -2.11. The monoisotopic (exact) mass is 225 g/mol. The van der Waals surface area contributed by atoms with Crippen LogP contribution in [0.2, 0.25) is 0 Å². The van der Waals surface area contributed by atoms with Gasteiger partial charge in [0.25, 0.3) is 6.43 Å². The molecule has 0 bridgehead atoms. The van der Waals surface area contributed by atoms with Gasteiger partial charge in [-0.3, -0.25) is 0 Å². The van der Waals surface area contributed by atoms with Gasteiger partial charge in [-0.15, -0.1) is 0 Å². The van der Waals surface area contributed by atoms with Crippen molar-refractivity contribution in [3.05, 3.63) is 23.7 Å². The van der Waals surface area contributed by atoms with Crippen LogP contribution in [-0.4, -0.2) is 15.0 Å². The molecule has 2 aromatic rings. The molecule has 2 rings (SSSR count). The summed E-state index contributed by atoms with van der Waals surface area (Å²) in [5.74, 6) is -0.320. The number of hydrogen-bond donors (Lipinski definition) is 1. The van der Waals surface area contributed by atoms with E-state index in [4.69, 9.17) is 0 Å². The molecule has 0 saturated carbocycles. The molecule has 1 N–H and O–H groups in total. The number of rotatable bonds is 1. The highest BCUT2D eigenvalue weighted by Gasteiger charge is 2.21. The molecule has 86 valence electrons. The Balaban J connectivity index is 2.68. The molecule has 0 saturated heterocycles. The lowest BCUT2D eigenvalue weighted by Gasteiger charge is -2.18. The Hall–Kier alpha value is -1.52. The van der Waals surface area contributed by atoms with Gasteiger partial charge in [0.15, 0.2) is 11.5 Å². The van der Waals surface area contributed by atoms with E-state index in [9.17, 15) is 8.78 Å². The van der Waals surface area contributed by atoms with E-state index >= 15 is 0 Å². The summed E-state index contributed by atoms with van der Waals surface area (Å²) in [6.07, 6.45) is -0.999. The Bertz CT molecular complexity index is 511. The van der Waals surface area contributed by atoms with Gasteiger partial charge in [-0.2, -0.15) is 0 Å². The molecular weight excluding hydrogens is 212 g/mol. The summed E-state index contributed by atoms with van der Waals surface area (Å²) >= 11 is 0. The minimum atomic E-state index is -2.60. The molecule has 0 fully saturated rings. The van der Waals surface area contributed by atoms with Crippen LogP contribution in [0.5, 0.6) is 0 Å². The SMILES string of the molecule is CC(C)(C)c1ccnc2nc(C(F)F)[nH]c12. The molecule has 0 amide bonds. The highest BCUT2D eigenvalue weighted by molar-refractivity contribution is 5.75. The fourth-order valence-corrected chi connectivity index (χ4v) is 1.66. The first-order valence-corrected chi connectivity index (χ1v) is 5.03. The van der Waals surface area contributed by atoms with Gasteiger partial charge in [0.2, 0.25) is 0 Å². The Morgan fingerprint density at radius 3 is 2.56 bits per heavy atom. The van der Waals surface area contributed by atoms with Gasteiger partial charge >= 0.3 is 0 Å². The number of aromatic nitrogens is 3. The first-order chi connectivity index (χ1) is 7.39. The average Bonchev–Trinajstić information content (AvgIpc) is 2.58. The van der Waals surface area contributed by atoms with Crippen molar-refractivity contribution in [3.63, 3.8) is 0 Å². The van der Waals surface area contributed by atoms with E-state index in [0.29, 0.717) is 11.2 Å². The highest BCUT2D eigenvalue weighted by Crippen LogP contribution is 2.29. The third-order valence-corrected chi connectivity index (χ3v) is 2.43. The molecule has 0 aliphatic carbocycles. The van der Waals surface area contributed by atoms with Crippen LogP contribution in [0.3, 0.4) is 0 Å². The summed E-state index contributed by atoms with van der Waals surface area (Å²) in [5, 5.41) is 0. The minimum Gasteiger partial charge on any atom is -0.336 e. The van der Waals surface area contributed by atoms with Crippen LogP contribution >= 0.6 is 0 Å². The molecule has 0 spiro atoms. The van der Waals surface area contributed by atoms with Crippen molar-refractivity contribution < 1.29 is 8.78 Å². The number of hydrogen-bond acceptors (Lipinski definition) is 2. The van der Waals surface area contributed by atoms with Gasteiger partial charge in [0, 0.05) is 6.20 Å². The maximum atomic E-state index is 12.5. The molecule has 0 atom stereocenters. The first kappa shape index (κ1) is 11.0. The normalized spacial score (nSPS) is 12.6. The molecule has 0 aliphatic rings. The van der Waals surface area contributed by atoms with Crippen molar-refractivity contribution in [2.75, 3.05) is 0 Å². The zero-order valence-corrected chi connectivity index (χ0v) is 9.38. The van der Waals surface area contributed by atoms with E-state index in [2.05, 4.69) is 15.0 Å². The van der Waals surface area contributed by atoms with Gasteiger partial charge in [0.05, 0.1) is 5.52 Å². The molecule has 0 unspecified atom stereocenters. The predicted molar refractivity (Wildman–Crippen MR) is 57.5 cm³/mol. The molecule has 5 heteroatoms. The molecule has 0 aromatic carbocycles. The smallest absolute Gasteiger partial charge is 0.295 e. The third-order valence-electron chi connectivity index (χ3n) is 2.43. The zero-order chi connectivity index (χ0) is 11.9. The van der Waals surface area contributed by atoms with Gasteiger partial charge in [-0.25, -0.2) is 18.7 Å². The predicted octanol–water partition coefficient (Wildman–Crippen LogP) is 3.19. The van der Waals surface area contributed by atoms with E-state index in [-0.39, 0.29) is 11.2 Å². The molecule has 2 heterocycles. The lowest BCUT2D eigenvalue weighted by molar-refractivity contribution is 0.142. The maximum absolute atomic E-state index is 12.5. The van der Waals surface area contributed by atoms with Crippen molar-refractivity contribution >= 4 is 11.2 Å². The second kappa shape index (κ2) is 3.50. The van der Waals surface area contributed by atoms with Gasteiger partial charge in [-0.1, -0.05) is 20.8 Å². The van der Waals surface area contributed by atoms with Crippen molar-refractivity contribution in [3.8, 4) is 0 Å². The van der Waals surface area contributed by atoms with Crippen molar-refractivity contribution in [2.24, 2.45) is 0 Å². The van der Waals surface area contributed by atoms with Crippen LogP contribution in [0, 0.1) is 0 Å². The number of pyridine rings is 1. The first-order valence-electron chi connectivity index (χ1n) is 5.03. The van der Waals surface area contributed by atoms with E-state index in [1.807, 2.05) is 26.8 Å². The third kappa shape index (κ3) is 1.77. The minimum absolute atomic E-state index is 0.132. The van der Waals surface area contributed by atoms with Crippen molar-refractivity contribution in [2.45, 2.75) is 32.6 Å². The fraction of sp³-hybridized carbons (Fsp3) is 0.455. The summed E-state index contributed by atoms with van der Waals surface area (Å²) < 4.78 is 25.0. The van der Waals surface area contributed by atoms with Gasteiger partial charge < -0.3 is 4.98 Å².